The molecule has 0 saturated carbocycles. The molecular weight excluding hydrogens is 406 g/mol. The molecule has 10 heteroatoms. The summed E-state index contributed by atoms with van der Waals surface area (Å²) in [5.41, 5.74) is 1.45. The maximum Gasteiger partial charge on any atom is 0.321 e. The molecule has 1 aromatic carbocycles. The summed E-state index contributed by atoms with van der Waals surface area (Å²) in [6.07, 6.45) is 0.727. The van der Waals surface area contributed by atoms with Crippen LogP contribution in [0.25, 0.3) is 11.1 Å². The second-order valence-corrected chi connectivity index (χ2v) is 8.93. The first-order valence-electron chi connectivity index (χ1n) is 9.71. The summed E-state index contributed by atoms with van der Waals surface area (Å²) in [5, 5.41) is 15.7. The Labute approximate surface area is 178 Å². The van der Waals surface area contributed by atoms with E-state index in [0.29, 0.717) is 23.3 Å². The molecule has 9 nitrogen and oxygen atoms in total. The molecule has 3 aromatic rings. The number of urea groups is 1. The highest BCUT2D eigenvalue weighted by atomic mass is 32.1. The molecule has 1 atom stereocenters. The van der Waals surface area contributed by atoms with Crippen LogP contribution in [0.1, 0.15) is 37.4 Å². The minimum absolute atomic E-state index is 0.0104. The number of hydrogen-bond donors (Lipinski definition) is 3. The van der Waals surface area contributed by atoms with Gasteiger partial charge in [-0.15, -0.1) is 0 Å². The van der Waals surface area contributed by atoms with Gasteiger partial charge in [-0.25, -0.2) is 9.78 Å². The number of nitrogens with zero attached hydrogens (tertiary/aromatic N) is 3. The highest BCUT2D eigenvalue weighted by molar-refractivity contribution is 7.16. The van der Waals surface area contributed by atoms with Gasteiger partial charge >= 0.3 is 6.03 Å². The van der Waals surface area contributed by atoms with E-state index in [1.54, 1.807) is 21.0 Å². The van der Waals surface area contributed by atoms with Crippen LogP contribution in [0.2, 0.25) is 0 Å². The highest BCUT2D eigenvalue weighted by Gasteiger charge is 2.31. The van der Waals surface area contributed by atoms with Crippen LogP contribution >= 0.6 is 11.3 Å². The molecule has 3 N–H and O–H groups in total. The monoisotopic (exact) mass is 431 g/mol. The number of amides is 2. The Morgan fingerprint density at radius 2 is 2.23 bits per heavy atom. The highest BCUT2D eigenvalue weighted by Crippen LogP contribution is 2.39. The van der Waals surface area contributed by atoms with E-state index in [4.69, 9.17) is 9.15 Å². The number of hydrogen-bond acceptors (Lipinski definition) is 8. The number of nitrogens with one attached hydrogen (secondary N) is 2. The third kappa shape index (κ3) is 4.19. The fourth-order valence-corrected chi connectivity index (χ4v) is 4.40. The molecule has 0 aliphatic carbocycles. The number of carbonyl (C=O) groups excluding carboxylic acids is 1. The third-order valence-electron chi connectivity index (χ3n) is 4.90. The zero-order chi connectivity index (χ0) is 21.5. The Kier molecular flexibility index (Phi) is 5.29. The molecular formula is C20H25N5O4S. The summed E-state index contributed by atoms with van der Waals surface area (Å²) in [6.45, 7) is 6.20. The molecule has 1 aliphatic rings. The number of rotatable bonds is 5. The van der Waals surface area contributed by atoms with Crippen molar-refractivity contribution in [1.82, 2.24) is 15.3 Å². The van der Waals surface area contributed by atoms with Gasteiger partial charge in [-0.1, -0.05) is 11.3 Å². The number of carbonyl (C=O) groups is 1. The smallest absolute Gasteiger partial charge is 0.321 e. The number of ether oxygens (including phenoxy) is 1. The summed E-state index contributed by atoms with van der Waals surface area (Å²) in [7, 11) is 1.62. The van der Waals surface area contributed by atoms with Crippen LogP contribution in [0.3, 0.4) is 0 Å². The van der Waals surface area contributed by atoms with Crippen molar-refractivity contribution in [3.63, 3.8) is 0 Å². The van der Waals surface area contributed by atoms with Crippen LogP contribution in [0.15, 0.2) is 22.6 Å². The predicted octanol–water partition coefficient (Wildman–Crippen LogP) is 3.31. The summed E-state index contributed by atoms with van der Waals surface area (Å²) in [6, 6.07) is 5.73. The van der Waals surface area contributed by atoms with Crippen LogP contribution in [0.5, 0.6) is 5.75 Å². The van der Waals surface area contributed by atoms with Gasteiger partial charge in [-0.2, -0.15) is 4.98 Å². The number of anilines is 2. The maximum atomic E-state index is 12.1. The zero-order valence-electron chi connectivity index (χ0n) is 17.4. The molecule has 30 heavy (non-hydrogen) atoms. The quantitative estimate of drug-likeness (QED) is 0.568. The van der Waals surface area contributed by atoms with Crippen LogP contribution in [-0.4, -0.2) is 46.9 Å². The predicted molar refractivity (Wildman–Crippen MR) is 115 cm³/mol. The minimum atomic E-state index is -0.974. The van der Waals surface area contributed by atoms with Crippen molar-refractivity contribution < 1.29 is 19.1 Å². The molecule has 0 fully saturated rings. The van der Waals surface area contributed by atoms with E-state index in [2.05, 4.69) is 32.4 Å². The SMILES string of the molecule is COc1ccc2oc(N3CCc4nc(NC(=O)NCC(C)(C)O)sc4[C@@H]3C)nc2c1. The molecule has 0 saturated heterocycles. The number of methoxy groups -OCH3 is 1. The molecule has 3 heterocycles. The van der Waals surface area contributed by atoms with Gasteiger partial charge in [0.05, 0.1) is 29.3 Å². The van der Waals surface area contributed by atoms with Crippen LogP contribution in [0, 0.1) is 0 Å². The molecule has 0 radical (unpaired) electrons. The molecule has 1 aliphatic heterocycles. The minimum Gasteiger partial charge on any atom is -0.497 e. The Bertz CT molecular complexity index is 1070. The van der Waals surface area contributed by atoms with E-state index in [1.165, 1.54) is 11.3 Å². The van der Waals surface area contributed by atoms with Gasteiger partial charge in [-0.05, 0) is 32.9 Å². The second-order valence-electron chi connectivity index (χ2n) is 7.90. The first kappa shape index (κ1) is 20.4. The van der Waals surface area contributed by atoms with E-state index < -0.39 is 5.60 Å². The summed E-state index contributed by atoms with van der Waals surface area (Å²) in [5.74, 6) is 0.734. The van der Waals surface area contributed by atoms with Gasteiger partial charge in [0.1, 0.15) is 11.3 Å². The van der Waals surface area contributed by atoms with E-state index in [1.807, 2.05) is 18.2 Å². The lowest BCUT2D eigenvalue weighted by atomic mass is 10.1. The summed E-state index contributed by atoms with van der Waals surface area (Å²) < 4.78 is 11.2. The van der Waals surface area contributed by atoms with Crippen molar-refractivity contribution in [1.29, 1.82) is 0 Å². The largest absolute Gasteiger partial charge is 0.497 e. The molecule has 2 aromatic heterocycles. The van der Waals surface area contributed by atoms with Crippen LogP contribution in [0.4, 0.5) is 15.9 Å². The molecule has 0 spiro atoms. The lowest BCUT2D eigenvalue weighted by Gasteiger charge is -2.31. The number of oxazole rings is 1. The van der Waals surface area contributed by atoms with Gasteiger partial charge in [-0.3, -0.25) is 5.32 Å². The molecule has 4 rings (SSSR count). The van der Waals surface area contributed by atoms with Gasteiger partial charge < -0.3 is 24.5 Å². The van der Waals surface area contributed by atoms with Crippen LogP contribution in [-0.2, 0) is 6.42 Å². The fraction of sp³-hybridized carbons (Fsp3) is 0.450. The Hall–Kier alpha value is -2.85. The van der Waals surface area contributed by atoms with E-state index >= 15 is 0 Å². The third-order valence-corrected chi connectivity index (χ3v) is 6.08. The number of thiazole rings is 1. The van der Waals surface area contributed by atoms with Crippen molar-refractivity contribution in [2.45, 2.75) is 38.8 Å². The lowest BCUT2D eigenvalue weighted by Crippen LogP contribution is -2.40. The molecule has 0 unspecified atom stereocenters. The number of aromatic nitrogens is 2. The Balaban J connectivity index is 1.50. The van der Waals surface area contributed by atoms with Gasteiger partial charge in [0.25, 0.3) is 6.01 Å². The first-order valence-corrected chi connectivity index (χ1v) is 10.5. The molecule has 2 amide bonds. The topological polar surface area (TPSA) is 113 Å². The van der Waals surface area contributed by atoms with E-state index in [0.717, 1.165) is 28.3 Å². The van der Waals surface area contributed by atoms with Gasteiger partial charge in [0, 0.05) is 25.6 Å². The van der Waals surface area contributed by atoms with Crippen molar-refractivity contribution in [2.75, 3.05) is 30.4 Å². The van der Waals surface area contributed by atoms with E-state index in [9.17, 15) is 9.90 Å². The van der Waals surface area contributed by atoms with Crippen molar-refractivity contribution in [3.8, 4) is 5.75 Å². The Morgan fingerprint density at radius 1 is 1.43 bits per heavy atom. The number of aliphatic hydroxyl groups is 1. The molecule has 0 bridgehead atoms. The average Bonchev–Trinajstić information content (AvgIpc) is 3.29. The zero-order valence-corrected chi connectivity index (χ0v) is 18.2. The summed E-state index contributed by atoms with van der Waals surface area (Å²) >= 11 is 1.44. The van der Waals surface area contributed by atoms with Gasteiger partial charge in [0.15, 0.2) is 10.7 Å². The number of benzene rings is 1. The lowest BCUT2D eigenvalue weighted by molar-refractivity contribution is 0.0826. The fourth-order valence-electron chi connectivity index (χ4n) is 3.33. The van der Waals surface area contributed by atoms with E-state index in [-0.39, 0.29) is 18.6 Å². The first-order chi connectivity index (χ1) is 14.2. The van der Waals surface area contributed by atoms with Crippen LogP contribution < -0.4 is 20.3 Å². The van der Waals surface area contributed by atoms with Gasteiger partial charge in [0.2, 0.25) is 0 Å². The second kappa shape index (κ2) is 7.77. The number of fused-ring (bicyclic) bond motifs is 2. The molecule has 160 valence electrons. The average molecular weight is 432 g/mol. The standard InChI is InChI=1S/C20H25N5O4S/c1-11-16-13(22-18(30-16)24-17(26)21-10-20(2,3)27)7-8-25(11)19-23-14-9-12(28-4)5-6-15(14)29-19/h5-6,9,11,27H,7-8,10H2,1-4H3,(H2,21,22,24,26)/t11-/m0/s1. The Morgan fingerprint density at radius 3 is 2.97 bits per heavy atom. The van der Waals surface area contributed by atoms with Crippen molar-refractivity contribution in [2.24, 2.45) is 0 Å². The van der Waals surface area contributed by atoms with Crippen molar-refractivity contribution in [3.05, 3.63) is 28.8 Å². The summed E-state index contributed by atoms with van der Waals surface area (Å²) in [4.78, 5) is 24.4. The normalized spacial score (nSPS) is 16.4. The maximum absolute atomic E-state index is 12.1. The van der Waals surface area contributed by atoms with Crippen molar-refractivity contribution >= 4 is 39.6 Å².